The van der Waals surface area contributed by atoms with Crippen LogP contribution in [0.5, 0.6) is 0 Å². The van der Waals surface area contributed by atoms with Gasteiger partial charge in [0.2, 0.25) is 5.95 Å². The van der Waals surface area contributed by atoms with E-state index >= 15 is 0 Å². The second-order valence-corrected chi connectivity index (χ2v) is 6.66. The SMILES string of the molecule is CC(=NNc1nc(-c2ccc(Cl)cc2)cc(C(F)(F)F)n1)c1ccc(Cl)cc1. The molecule has 0 radical (unpaired) electrons. The molecule has 0 bridgehead atoms. The van der Waals surface area contributed by atoms with Crippen LogP contribution >= 0.6 is 23.2 Å². The Hall–Kier alpha value is -2.64. The van der Waals surface area contributed by atoms with Gasteiger partial charge in [0, 0.05) is 15.6 Å². The van der Waals surface area contributed by atoms with E-state index in [9.17, 15) is 13.2 Å². The second-order valence-electron chi connectivity index (χ2n) is 5.78. The highest BCUT2D eigenvalue weighted by Crippen LogP contribution is 2.31. The van der Waals surface area contributed by atoms with Crippen LogP contribution in [0.25, 0.3) is 11.3 Å². The van der Waals surface area contributed by atoms with Crippen molar-refractivity contribution in [3.05, 3.63) is 75.9 Å². The molecule has 0 saturated carbocycles. The number of hydrogen-bond acceptors (Lipinski definition) is 4. The van der Waals surface area contributed by atoms with Crippen LogP contribution in [0.2, 0.25) is 10.0 Å². The van der Waals surface area contributed by atoms with Crippen molar-refractivity contribution in [2.75, 3.05) is 5.43 Å². The van der Waals surface area contributed by atoms with E-state index < -0.39 is 11.9 Å². The average Bonchev–Trinajstić information content (AvgIpc) is 2.66. The third kappa shape index (κ3) is 4.99. The molecule has 2 aromatic carbocycles. The Kier molecular flexibility index (Phi) is 5.86. The minimum atomic E-state index is -4.63. The maximum atomic E-state index is 13.2. The first-order valence-electron chi connectivity index (χ1n) is 8.01. The van der Waals surface area contributed by atoms with Gasteiger partial charge in [-0.1, -0.05) is 47.5 Å². The van der Waals surface area contributed by atoms with Crippen LogP contribution in [0.4, 0.5) is 19.1 Å². The molecule has 0 fully saturated rings. The Morgan fingerprint density at radius 2 is 1.50 bits per heavy atom. The lowest BCUT2D eigenvalue weighted by Crippen LogP contribution is -2.12. The molecule has 1 N–H and O–H groups in total. The lowest BCUT2D eigenvalue weighted by atomic mass is 10.1. The van der Waals surface area contributed by atoms with Crippen molar-refractivity contribution in [1.82, 2.24) is 9.97 Å². The molecule has 0 unspecified atom stereocenters. The number of nitrogens with one attached hydrogen (secondary N) is 1. The third-order valence-corrected chi connectivity index (χ3v) is 4.25. The summed E-state index contributed by atoms with van der Waals surface area (Å²) in [6.45, 7) is 1.70. The first kappa shape index (κ1) is 20.1. The fourth-order valence-electron chi connectivity index (χ4n) is 2.30. The number of hydrazone groups is 1. The minimum Gasteiger partial charge on any atom is -0.245 e. The molecule has 3 rings (SSSR count). The van der Waals surface area contributed by atoms with Gasteiger partial charge in [-0.05, 0) is 42.8 Å². The zero-order chi connectivity index (χ0) is 20.3. The fraction of sp³-hybridized carbons (Fsp3) is 0.105. The van der Waals surface area contributed by atoms with Crippen molar-refractivity contribution < 1.29 is 13.2 Å². The Morgan fingerprint density at radius 3 is 2.07 bits per heavy atom. The molecule has 144 valence electrons. The monoisotopic (exact) mass is 424 g/mol. The Bertz CT molecular complexity index is 1000. The van der Waals surface area contributed by atoms with Gasteiger partial charge in [0.15, 0.2) is 5.69 Å². The summed E-state index contributed by atoms with van der Waals surface area (Å²) in [6.07, 6.45) is -4.63. The van der Waals surface area contributed by atoms with Crippen LogP contribution in [-0.4, -0.2) is 15.7 Å². The second kappa shape index (κ2) is 8.16. The Balaban J connectivity index is 1.95. The highest BCUT2D eigenvalue weighted by molar-refractivity contribution is 6.31. The number of halogens is 5. The molecular weight excluding hydrogens is 412 g/mol. The minimum absolute atomic E-state index is 0.0980. The van der Waals surface area contributed by atoms with Gasteiger partial charge in [-0.3, -0.25) is 0 Å². The molecule has 9 heteroatoms. The molecule has 0 saturated heterocycles. The molecule has 3 aromatic rings. The van der Waals surface area contributed by atoms with Gasteiger partial charge in [0.25, 0.3) is 0 Å². The molecule has 0 spiro atoms. The van der Waals surface area contributed by atoms with E-state index in [0.29, 0.717) is 21.3 Å². The lowest BCUT2D eigenvalue weighted by Gasteiger charge is -2.11. The molecule has 0 aliphatic rings. The number of aromatic nitrogens is 2. The normalized spacial score (nSPS) is 12.1. The topological polar surface area (TPSA) is 50.2 Å². The number of nitrogens with zero attached hydrogens (tertiary/aromatic N) is 3. The molecule has 0 aliphatic heterocycles. The number of hydrogen-bond donors (Lipinski definition) is 1. The van der Waals surface area contributed by atoms with Crippen LogP contribution < -0.4 is 5.43 Å². The van der Waals surface area contributed by atoms with Crippen LogP contribution in [-0.2, 0) is 6.18 Å². The summed E-state index contributed by atoms with van der Waals surface area (Å²) < 4.78 is 39.7. The van der Waals surface area contributed by atoms with E-state index in [4.69, 9.17) is 23.2 Å². The Morgan fingerprint density at radius 1 is 0.929 bits per heavy atom. The van der Waals surface area contributed by atoms with Crippen LogP contribution in [0.1, 0.15) is 18.2 Å². The van der Waals surface area contributed by atoms with Crippen molar-refractivity contribution in [3.8, 4) is 11.3 Å². The maximum Gasteiger partial charge on any atom is 0.433 e. The van der Waals surface area contributed by atoms with E-state index in [1.807, 2.05) is 0 Å². The summed E-state index contributed by atoms with van der Waals surface area (Å²) in [4.78, 5) is 7.66. The van der Waals surface area contributed by atoms with E-state index in [0.717, 1.165) is 11.6 Å². The van der Waals surface area contributed by atoms with Gasteiger partial charge in [0.1, 0.15) is 0 Å². The first-order valence-corrected chi connectivity index (χ1v) is 8.76. The molecule has 0 aliphatic carbocycles. The molecule has 4 nitrogen and oxygen atoms in total. The summed E-state index contributed by atoms with van der Waals surface area (Å²) in [7, 11) is 0. The van der Waals surface area contributed by atoms with Gasteiger partial charge in [-0.2, -0.15) is 18.3 Å². The fourth-order valence-corrected chi connectivity index (χ4v) is 2.55. The maximum absolute atomic E-state index is 13.2. The molecule has 0 atom stereocenters. The van der Waals surface area contributed by atoms with Gasteiger partial charge in [-0.25, -0.2) is 15.4 Å². The standard InChI is InChI=1S/C19H13Cl2F3N4/c1-11(12-2-6-14(20)7-3-12)27-28-18-25-16(10-17(26-18)19(22,23)24)13-4-8-15(21)9-5-13/h2-10H,1H3,(H,25,26,28). The number of alkyl halides is 3. The zero-order valence-electron chi connectivity index (χ0n) is 14.4. The van der Waals surface area contributed by atoms with Crippen LogP contribution in [0.15, 0.2) is 59.7 Å². The van der Waals surface area contributed by atoms with Gasteiger partial charge in [-0.15, -0.1) is 0 Å². The van der Waals surface area contributed by atoms with Gasteiger partial charge < -0.3 is 0 Å². The van der Waals surface area contributed by atoms with Gasteiger partial charge in [0.05, 0.1) is 11.4 Å². The van der Waals surface area contributed by atoms with E-state index in [2.05, 4.69) is 20.5 Å². The molecule has 1 heterocycles. The predicted molar refractivity (Wildman–Crippen MR) is 105 cm³/mol. The summed E-state index contributed by atoms with van der Waals surface area (Å²) in [6, 6.07) is 14.1. The van der Waals surface area contributed by atoms with Crippen molar-refractivity contribution in [2.24, 2.45) is 5.10 Å². The van der Waals surface area contributed by atoms with E-state index in [1.54, 1.807) is 55.5 Å². The van der Waals surface area contributed by atoms with E-state index in [-0.39, 0.29) is 11.6 Å². The van der Waals surface area contributed by atoms with Crippen molar-refractivity contribution >= 4 is 34.9 Å². The molecule has 28 heavy (non-hydrogen) atoms. The highest BCUT2D eigenvalue weighted by Gasteiger charge is 2.33. The van der Waals surface area contributed by atoms with Crippen LogP contribution in [0, 0.1) is 0 Å². The third-order valence-electron chi connectivity index (χ3n) is 3.74. The average molecular weight is 425 g/mol. The molecule has 1 aromatic heterocycles. The quantitative estimate of drug-likeness (QED) is 0.394. The number of rotatable bonds is 4. The first-order chi connectivity index (χ1) is 13.2. The number of benzene rings is 2. The molecule has 0 amide bonds. The zero-order valence-corrected chi connectivity index (χ0v) is 15.9. The van der Waals surface area contributed by atoms with Crippen molar-refractivity contribution in [3.63, 3.8) is 0 Å². The summed E-state index contributed by atoms with van der Waals surface area (Å²) >= 11 is 11.7. The van der Waals surface area contributed by atoms with Gasteiger partial charge >= 0.3 is 6.18 Å². The largest absolute Gasteiger partial charge is 0.433 e. The summed E-state index contributed by atoms with van der Waals surface area (Å²) in [5.41, 5.74) is 3.28. The highest BCUT2D eigenvalue weighted by atomic mass is 35.5. The summed E-state index contributed by atoms with van der Waals surface area (Å²) in [5.74, 6) is -0.270. The van der Waals surface area contributed by atoms with Crippen LogP contribution in [0.3, 0.4) is 0 Å². The smallest absolute Gasteiger partial charge is 0.245 e. The molecular formula is C19H13Cl2F3N4. The van der Waals surface area contributed by atoms with E-state index in [1.165, 1.54) is 0 Å². The number of anilines is 1. The Labute approximate surface area is 169 Å². The van der Waals surface area contributed by atoms with Crippen molar-refractivity contribution in [1.29, 1.82) is 0 Å². The summed E-state index contributed by atoms with van der Waals surface area (Å²) in [5, 5.41) is 5.11. The van der Waals surface area contributed by atoms with Crippen molar-refractivity contribution in [2.45, 2.75) is 13.1 Å². The predicted octanol–water partition coefficient (Wildman–Crippen LogP) is 6.31. The lowest BCUT2D eigenvalue weighted by molar-refractivity contribution is -0.141.